The van der Waals surface area contributed by atoms with E-state index >= 15 is 0 Å². The molecule has 0 aliphatic carbocycles. The Hall–Kier alpha value is -0.540. The van der Waals surface area contributed by atoms with Gasteiger partial charge < -0.3 is 22.5 Å². The first-order valence-electron chi connectivity index (χ1n) is 4.09. The Morgan fingerprint density at radius 1 is 1.62 bits per heavy atom. The van der Waals surface area contributed by atoms with Gasteiger partial charge in [-0.3, -0.25) is 0 Å². The maximum absolute atomic E-state index is 10.9. The van der Waals surface area contributed by atoms with Gasteiger partial charge in [-0.05, 0) is 20.8 Å². The van der Waals surface area contributed by atoms with Crippen LogP contribution in [0.2, 0.25) is 0 Å². The molecule has 0 rings (SSSR count). The summed E-state index contributed by atoms with van der Waals surface area (Å²) >= 11 is 0. The first kappa shape index (κ1) is 15.0. The maximum Gasteiger partial charge on any atom is 0.330 e. The number of carbonyl (C=O) groups excluding carboxylic acids is 1. The van der Waals surface area contributed by atoms with Crippen molar-refractivity contribution in [1.29, 1.82) is 0 Å². The van der Waals surface area contributed by atoms with Crippen molar-refractivity contribution in [2.24, 2.45) is 0 Å². The van der Waals surface area contributed by atoms with Gasteiger partial charge in [0.1, 0.15) is 6.04 Å². The highest BCUT2D eigenvalue weighted by molar-refractivity contribution is 5.81. The molecule has 0 heterocycles. The molecule has 0 aromatic rings. The minimum absolute atomic E-state index is 0. The topological polar surface area (TPSA) is 42.9 Å². The van der Waals surface area contributed by atoms with E-state index in [-0.39, 0.29) is 24.4 Å². The van der Waals surface area contributed by atoms with Gasteiger partial charge in [0.05, 0.1) is 7.05 Å². The van der Waals surface area contributed by atoms with Gasteiger partial charge >= 0.3 is 5.97 Å². The van der Waals surface area contributed by atoms with Gasteiger partial charge in [-0.25, -0.2) is 4.79 Å². The van der Waals surface area contributed by atoms with Gasteiger partial charge in [0.2, 0.25) is 0 Å². The smallest absolute Gasteiger partial charge is 0.330 e. The molecule has 2 N–H and O–H groups in total. The lowest BCUT2D eigenvalue weighted by Crippen LogP contribution is -3.00. The van der Waals surface area contributed by atoms with Crippen LogP contribution in [0.3, 0.4) is 0 Å². The number of rotatable bonds is 4. The normalized spacial score (nSPS) is 12.6. The summed E-state index contributed by atoms with van der Waals surface area (Å²) < 4.78 is 5.15. The molecule has 3 nitrogen and oxygen atoms in total. The van der Waals surface area contributed by atoms with Crippen molar-refractivity contribution in [2.45, 2.75) is 32.4 Å². The van der Waals surface area contributed by atoms with Crippen LogP contribution in [0, 0.1) is 0 Å². The minimum atomic E-state index is -0.444. The second kappa shape index (κ2) is 6.00. The summed E-state index contributed by atoms with van der Waals surface area (Å²) in [6, 6.07) is 0.237. The van der Waals surface area contributed by atoms with Crippen molar-refractivity contribution in [2.75, 3.05) is 7.05 Å². The Kier molecular flexibility index (Phi) is 6.90. The third-order valence-electron chi connectivity index (χ3n) is 2.13. The van der Waals surface area contributed by atoms with Crippen LogP contribution in [0.15, 0.2) is 12.7 Å². The molecule has 78 valence electrons. The largest absolute Gasteiger partial charge is 1.00 e. The molecule has 0 aliphatic heterocycles. The van der Waals surface area contributed by atoms with Gasteiger partial charge in [-0.2, -0.15) is 0 Å². The van der Waals surface area contributed by atoms with E-state index in [0.717, 1.165) is 0 Å². The van der Waals surface area contributed by atoms with Crippen molar-refractivity contribution in [3.8, 4) is 0 Å². The molecule has 0 amide bonds. The van der Waals surface area contributed by atoms with E-state index in [4.69, 9.17) is 4.74 Å². The number of hydrogen-bond acceptors (Lipinski definition) is 2. The van der Waals surface area contributed by atoms with Gasteiger partial charge in [-0.15, -0.1) is 0 Å². The number of quaternary nitrogens is 1. The van der Waals surface area contributed by atoms with Crippen LogP contribution in [-0.4, -0.2) is 24.7 Å². The fraction of sp³-hybridized carbons (Fsp3) is 0.667. The molecular formula is C9H18ClNO2. The predicted molar refractivity (Wildman–Crippen MR) is 47.7 cm³/mol. The lowest BCUT2D eigenvalue weighted by Gasteiger charge is -2.27. The van der Waals surface area contributed by atoms with Gasteiger partial charge in [0.15, 0.2) is 5.60 Å². The summed E-state index contributed by atoms with van der Waals surface area (Å²) in [6.07, 6.45) is 1.18. The van der Waals surface area contributed by atoms with Crippen molar-refractivity contribution in [3.05, 3.63) is 12.7 Å². The maximum atomic E-state index is 10.9. The lowest BCUT2D eigenvalue weighted by molar-refractivity contribution is -0.673. The van der Waals surface area contributed by atoms with Crippen LogP contribution in [-0.2, 0) is 9.53 Å². The fourth-order valence-corrected chi connectivity index (χ4v) is 0.795. The highest BCUT2D eigenvalue weighted by Gasteiger charge is 2.31. The zero-order valence-corrected chi connectivity index (χ0v) is 9.39. The number of carbonyl (C=O) groups is 1. The second-order valence-corrected chi connectivity index (χ2v) is 3.35. The van der Waals surface area contributed by atoms with E-state index < -0.39 is 5.60 Å². The average Bonchev–Trinajstić information content (AvgIpc) is 2.02. The first-order chi connectivity index (χ1) is 5.44. The summed E-state index contributed by atoms with van der Waals surface area (Å²) in [5, 5.41) is 2.01. The molecule has 0 saturated heterocycles. The summed E-state index contributed by atoms with van der Waals surface area (Å²) in [4.78, 5) is 10.9. The van der Waals surface area contributed by atoms with Crippen LogP contribution < -0.4 is 17.7 Å². The number of hydrogen-bond donors (Lipinski definition) is 1. The summed E-state index contributed by atoms with van der Waals surface area (Å²) in [6.45, 7) is 9.13. The summed E-state index contributed by atoms with van der Waals surface area (Å²) in [7, 11) is 1.95. The molecule has 0 bridgehead atoms. The van der Waals surface area contributed by atoms with Crippen LogP contribution in [0.25, 0.3) is 0 Å². The Morgan fingerprint density at radius 3 is 2.38 bits per heavy atom. The van der Waals surface area contributed by atoms with E-state index in [9.17, 15) is 4.79 Å². The van der Waals surface area contributed by atoms with Crippen molar-refractivity contribution in [3.63, 3.8) is 0 Å². The standard InChI is InChI=1S/C9H17NO2.ClH/c1-6-8(11)12-9(3,4)7(2)10-5;/h6-7,10H,1H2,2-5H3;1H. The van der Waals surface area contributed by atoms with E-state index in [1.807, 2.05) is 33.1 Å². The van der Waals surface area contributed by atoms with Crippen molar-refractivity contribution >= 4 is 5.97 Å². The van der Waals surface area contributed by atoms with Gasteiger partial charge in [-0.1, -0.05) is 6.58 Å². The Balaban J connectivity index is 0. The number of halogens is 1. The number of nitrogens with two attached hydrogens (primary N) is 1. The molecule has 0 fully saturated rings. The van der Waals surface area contributed by atoms with Crippen LogP contribution in [0.5, 0.6) is 0 Å². The Bertz CT molecular complexity index is 180. The number of ether oxygens (including phenoxy) is 1. The molecule has 0 aliphatic rings. The van der Waals surface area contributed by atoms with Crippen LogP contribution >= 0.6 is 0 Å². The van der Waals surface area contributed by atoms with Crippen LogP contribution in [0.1, 0.15) is 20.8 Å². The molecule has 1 unspecified atom stereocenters. The van der Waals surface area contributed by atoms with E-state index in [2.05, 4.69) is 6.58 Å². The molecule has 13 heavy (non-hydrogen) atoms. The SMILES string of the molecule is C=CC(=O)OC(C)(C)C(C)[NH2+]C.[Cl-]. The van der Waals surface area contributed by atoms with Crippen LogP contribution in [0.4, 0.5) is 0 Å². The number of likely N-dealkylation sites (N-methyl/N-ethyl adjacent to an activating group) is 1. The highest BCUT2D eigenvalue weighted by atomic mass is 35.5. The molecule has 0 radical (unpaired) electrons. The quantitative estimate of drug-likeness (QED) is 0.397. The predicted octanol–water partition coefficient (Wildman–Crippen LogP) is -2.92. The molecule has 0 saturated carbocycles. The molecule has 0 aromatic heterocycles. The second-order valence-electron chi connectivity index (χ2n) is 3.35. The van der Waals surface area contributed by atoms with E-state index in [1.54, 1.807) is 0 Å². The number of esters is 1. The van der Waals surface area contributed by atoms with Gasteiger partial charge in [0.25, 0.3) is 0 Å². The zero-order valence-electron chi connectivity index (χ0n) is 8.63. The average molecular weight is 208 g/mol. The Morgan fingerprint density at radius 2 is 2.08 bits per heavy atom. The van der Waals surface area contributed by atoms with Crippen molar-refractivity contribution in [1.82, 2.24) is 0 Å². The third-order valence-corrected chi connectivity index (χ3v) is 2.13. The summed E-state index contributed by atoms with van der Waals surface area (Å²) in [5.74, 6) is -0.367. The molecular weight excluding hydrogens is 190 g/mol. The monoisotopic (exact) mass is 207 g/mol. The van der Waals surface area contributed by atoms with Gasteiger partial charge in [0, 0.05) is 6.08 Å². The third kappa shape index (κ3) is 4.90. The van der Waals surface area contributed by atoms with Crippen molar-refractivity contribution < 1.29 is 27.3 Å². The molecule has 0 aromatic carbocycles. The first-order valence-corrected chi connectivity index (χ1v) is 4.09. The summed E-state index contributed by atoms with van der Waals surface area (Å²) in [5.41, 5.74) is -0.444. The Labute approximate surface area is 85.9 Å². The molecule has 1 atom stereocenters. The highest BCUT2D eigenvalue weighted by Crippen LogP contribution is 2.12. The lowest BCUT2D eigenvalue weighted by atomic mass is 10.0. The molecule has 0 spiro atoms. The van der Waals surface area contributed by atoms with E-state index in [0.29, 0.717) is 0 Å². The fourth-order valence-electron chi connectivity index (χ4n) is 0.795. The van der Waals surface area contributed by atoms with E-state index in [1.165, 1.54) is 6.08 Å². The molecule has 4 heteroatoms. The zero-order chi connectivity index (χ0) is 9.78. The minimum Gasteiger partial charge on any atom is -1.00 e.